The molecule has 0 spiro atoms. The first kappa shape index (κ1) is 25.1. The van der Waals surface area contributed by atoms with Gasteiger partial charge in [0.1, 0.15) is 16.8 Å². The molecule has 2 N–H and O–H groups in total. The number of ketones is 1. The molecule has 0 atom stereocenters. The first-order valence-electron chi connectivity index (χ1n) is 11.9. The van der Waals surface area contributed by atoms with Gasteiger partial charge in [-0.1, -0.05) is 6.07 Å². The second-order valence-corrected chi connectivity index (χ2v) is 9.84. The summed E-state index contributed by atoms with van der Waals surface area (Å²) < 4.78 is 7.01. The molecule has 3 aromatic heterocycles. The van der Waals surface area contributed by atoms with Crippen LogP contribution in [0.25, 0.3) is 5.65 Å². The number of piperidine rings is 1. The van der Waals surface area contributed by atoms with Crippen molar-refractivity contribution in [1.82, 2.24) is 29.8 Å². The maximum Gasteiger partial charge on any atom is 0.410 e. The van der Waals surface area contributed by atoms with Gasteiger partial charge in [0.25, 0.3) is 11.5 Å². The van der Waals surface area contributed by atoms with Crippen molar-refractivity contribution in [1.29, 1.82) is 0 Å². The zero-order valence-corrected chi connectivity index (χ0v) is 20.6. The molecule has 0 bridgehead atoms. The SMILES string of the molecule is CC(C)(C)OC(=O)N1CCC(c2cc(=O)[nH]c3c(C(=O)NCC(=O)Cc4ccccn4)cnn23)CC1. The highest BCUT2D eigenvalue weighted by atomic mass is 16.6. The largest absolute Gasteiger partial charge is 0.444 e. The molecule has 1 aliphatic rings. The highest BCUT2D eigenvalue weighted by Crippen LogP contribution is 2.28. The Kier molecular flexibility index (Phi) is 7.18. The lowest BCUT2D eigenvalue weighted by Gasteiger charge is -2.33. The van der Waals surface area contributed by atoms with Crippen molar-refractivity contribution in [2.75, 3.05) is 19.6 Å². The Hall–Kier alpha value is -4.02. The number of hydrogen-bond donors (Lipinski definition) is 2. The number of aromatic amines is 1. The van der Waals surface area contributed by atoms with E-state index in [0.29, 0.717) is 37.3 Å². The highest BCUT2D eigenvalue weighted by molar-refractivity contribution is 6.01. The Labute approximate surface area is 207 Å². The maximum absolute atomic E-state index is 12.8. The number of Topliss-reactive ketones (excluding diaryl/α,β-unsaturated/α-hetero) is 1. The summed E-state index contributed by atoms with van der Waals surface area (Å²) in [6.07, 6.45) is 3.99. The fourth-order valence-corrected chi connectivity index (χ4v) is 4.20. The monoisotopic (exact) mass is 494 g/mol. The number of pyridine rings is 1. The fraction of sp³-hybridized carbons (Fsp3) is 0.440. The number of H-pyrrole nitrogens is 1. The number of carbonyl (C=O) groups is 3. The van der Waals surface area contributed by atoms with E-state index in [4.69, 9.17) is 4.74 Å². The summed E-state index contributed by atoms with van der Waals surface area (Å²) in [6, 6.07) is 6.78. The number of nitrogens with zero attached hydrogens (tertiary/aromatic N) is 4. The van der Waals surface area contributed by atoms with Crippen LogP contribution in [0, 0.1) is 0 Å². The molecule has 11 heteroatoms. The molecule has 1 aliphatic heterocycles. The van der Waals surface area contributed by atoms with Crippen molar-refractivity contribution >= 4 is 23.4 Å². The summed E-state index contributed by atoms with van der Waals surface area (Å²) in [5, 5.41) is 6.94. The number of likely N-dealkylation sites (tertiary alicyclic amines) is 1. The van der Waals surface area contributed by atoms with Crippen molar-refractivity contribution in [2.45, 2.75) is 51.6 Å². The Morgan fingerprint density at radius 1 is 1.19 bits per heavy atom. The molecule has 4 heterocycles. The van der Waals surface area contributed by atoms with E-state index < -0.39 is 11.5 Å². The van der Waals surface area contributed by atoms with Gasteiger partial charge in [0.15, 0.2) is 5.78 Å². The summed E-state index contributed by atoms with van der Waals surface area (Å²) in [4.78, 5) is 58.3. The second-order valence-electron chi connectivity index (χ2n) is 9.84. The average molecular weight is 495 g/mol. The zero-order chi connectivity index (χ0) is 25.9. The van der Waals surface area contributed by atoms with Gasteiger partial charge < -0.3 is 19.9 Å². The minimum atomic E-state index is -0.568. The molecule has 4 rings (SSSR count). The van der Waals surface area contributed by atoms with Crippen molar-refractivity contribution < 1.29 is 19.1 Å². The number of nitrogens with one attached hydrogen (secondary N) is 2. The molecule has 3 aromatic rings. The molecule has 11 nitrogen and oxygen atoms in total. The predicted molar refractivity (Wildman–Crippen MR) is 131 cm³/mol. The van der Waals surface area contributed by atoms with E-state index in [2.05, 4.69) is 20.4 Å². The number of carbonyl (C=O) groups excluding carboxylic acids is 3. The highest BCUT2D eigenvalue weighted by Gasteiger charge is 2.29. The molecule has 36 heavy (non-hydrogen) atoms. The van der Waals surface area contributed by atoms with E-state index in [1.54, 1.807) is 33.8 Å². The van der Waals surface area contributed by atoms with E-state index in [0.717, 1.165) is 0 Å². The van der Waals surface area contributed by atoms with E-state index in [9.17, 15) is 19.2 Å². The predicted octanol–water partition coefficient (Wildman–Crippen LogP) is 2.07. The minimum absolute atomic E-state index is 0.0238. The molecule has 0 aromatic carbocycles. The summed E-state index contributed by atoms with van der Waals surface area (Å²) in [5.41, 5.74) is 0.810. The van der Waals surface area contributed by atoms with E-state index in [-0.39, 0.29) is 47.5 Å². The molecule has 0 aliphatic carbocycles. The molecule has 0 saturated carbocycles. The standard InChI is InChI=1S/C25H30N6O5/c1-25(2,3)36-24(35)30-10-7-16(8-11-30)20-13-21(33)29-22-19(15-28-31(20)22)23(34)27-14-18(32)12-17-6-4-5-9-26-17/h4-6,9,13,15-16H,7-8,10-12,14H2,1-3H3,(H,27,34)(H,29,33). The Balaban J connectivity index is 1.43. The lowest BCUT2D eigenvalue weighted by atomic mass is 9.93. The van der Waals surface area contributed by atoms with Crippen LogP contribution in [0.4, 0.5) is 4.79 Å². The number of fused-ring (bicyclic) bond motifs is 1. The van der Waals surface area contributed by atoms with Crippen LogP contribution in [0.15, 0.2) is 41.5 Å². The van der Waals surface area contributed by atoms with Crippen molar-refractivity contribution in [3.05, 3.63) is 64.0 Å². The molecule has 1 fully saturated rings. The quantitative estimate of drug-likeness (QED) is 0.535. The van der Waals surface area contributed by atoms with Crippen LogP contribution in [0.1, 0.15) is 61.3 Å². The van der Waals surface area contributed by atoms with Crippen molar-refractivity contribution in [3.8, 4) is 0 Å². The minimum Gasteiger partial charge on any atom is -0.444 e. The molecular weight excluding hydrogens is 464 g/mol. The molecule has 1 saturated heterocycles. The van der Waals surface area contributed by atoms with E-state index in [1.807, 2.05) is 20.8 Å². The van der Waals surface area contributed by atoms with Gasteiger partial charge in [-0.05, 0) is 45.7 Å². The van der Waals surface area contributed by atoms with Gasteiger partial charge in [-0.3, -0.25) is 19.4 Å². The van der Waals surface area contributed by atoms with Gasteiger partial charge in [-0.25, -0.2) is 9.31 Å². The topological polar surface area (TPSA) is 139 Å². The first-order valence-corrected chi connectivity index (χ1v) is 11.9. The van der Waals surface area contributed by atoms with Gasteiger partial charge in [-0.15, -0.1) is 0 Å². The third kappa shape index (κ3) is 5.96. The number of amides is 2. The molecular formula is C25H30N6O5. The van der Waals surface area contributed by atoms with Gasteiger partial charge in [0, 0.05) is 37.0 Å². The Bertz CT molecular complexity index is 1320. The summed E-state index contributed by atoms with van der Waals surface area (Å²) in [6.45, 7) is 6.28. The van der Waals surface area contributed by atoms with E-state index in [1.165, 1.54) is 12.3 Å². The summed E-state index contributed by atoms with van der Waals surface area (Å²) >= 11 is 0. The second kappa shape index (κ2) is 10.3. The Morgan fingerprint density at radius 2 is 1.94 bits per heavy atom. The lowest BCUT2D eigenvalue weighted by Crippen LogP contribution is -2.41. The molecule has 0 unspecified atom stereocenters. The number of hydrogen-bond acceptors (Lipinski definition) is 7. The van der Waals surface area contributed by atoms with E-state index >= 15 is 0 Å². The van der Waals surface area contributed by atoms with Crippen LogP contribution >= 0.6 is 0 Å². The molecule has 190 valence electrons. The maximum atomic E-state index is 12.8. The average Bonchev–Trinajstić information content (AvgIpc) is 3.25. The molecule has 2 amide bonds. The van der Waals surface area contributed by atoms with Gasteiger partial charge >= 0.3 is 6.09 Å². The van der Waals surface area contributed by atoms with Gasteiger partial charge in [-0.2, -0.15) is 5.10 Å². The first-order chi connectivity index (χ1) is 17.1. The zero-order valence-electron chi connectivity index (χ0n) is 20.6. The molecule has 0 radical (unpaired) electrons. The van der Waals surface area contributed by atoms with Crippen molar-refractivity contribution in [2.24, 2.45) is 0 Å². The number of rotatable bonds is 6. The van der Waals surface area contributed by atoms with Crippen LogP contribution in [0.2, 0.25) is 0 Å². The normalized spacial score (nSPS) is 14.6. The lowest BCUT2D eigenvalue weighted by molar-refractivity contribution is -0.117. The third-order valence-corrected chi connectivity index (χ3v) is 5.89. The smallest absolute Gasteiger partial charge is 0.410 e. The van der Waals surface area contributed by atoms with Gasteiger partial charge in [0.2, 0.25) is 0 Å². The van der Waals surface area contributed by atoms with Crippen molar-refractivity contribution in [3.63, 3.8) is 0 Å². The summed E-state index contributed by atoms with van der Waals surface area (Å²) in [7, 11) is 0. The number of ether oxygens (including phenoxy) is 1. The fourth-order valence-electron chi connectivity index (χ4n) is 4.20. The number of aromatic nitrogens is 4. The van der Waals surface area contributed by atoms with Crippen LogP contribution < -0.4 is 10.9 Å². The van der Waals surface area contributed by atoms with Crippen LogP contribution in [0.3, 0.4) is 0 Å². The third-order valence-electron chi connectivity index (χ3n) is 5.89. The van der Waals surface area contributed by atoms with Crippen LogP contribution in [0.5, 0.6) is 0 Å². The van der Waals surface area contributed by atoms with Gasteiger partial charge in [0.05, 0.1) is 24.9 Å². The Morgan fingerprint density at radius 3 is 2.61 bits per heavy atom. The van der Waals surface area contributed by atoms with Crippen LogP contribution in [-0.2, 0) is 16.0 Å². The van der Waals surface area contributed by atoms with Crippen LogP contribution in [-0.4, -0.2) is 67.5 Å². The summed E-state index contributed by atoms with van der Waals surface area (Å²) in [5.74, 6) is -0.722.